The number of nitriles is 1. The predicted molar refractivity (Wildman–Crippen MR) is 76.2 cm³/mol. The van der Waals surface area contributed by atoms with E-state index in [-0.39, 0.29) is 18.1 Å². The summed E-state index contributed by atoms with van der Waals surface area (Å²) >= 11 is 0. The molecule has 1 heterocycles. The van der Waals surface area contributed by atoms with Crippen LogP contribution in [0.4, 0.5) is 5.69 Å². The number of nitrogens with zero attached hydrogens (tertiary/aromatic N) is 2. The van der Waals surface area contributed by atoms with Crippen molar-refractivity contribution in [1.29, 1.82) is 5.26 Å². The van der Waals surface area contributed by atoms with Crippen molar-refractivity contribution in [3.8, 4) is 6.07 Å². The van der Waals surface area contributed by atoms with Crippen LogP contribution in [0.2, 0.25) is 0 Å². The summed E-state index contributed by atoms with van der Waals surface area (Å²) in [5, 5.41) is 8.61. The number of rotatable bonds is 3. The molecule has 104 valence electrons. The molecule has 1 aliphatic heterocycles. The van der Waals surface area contributed by atoms with Crippen LogP contribution in [0.1, 0.15) is 30.4 Å². The summed E-state index contributed by atoms with van der Waals surface area (Å²) < 4.78 is 0. The number of piperidine rings is 1. The zero-order valence-corrected chi connectivity index (χ0v) is 11.8. The first-order valence-corrected chi connectivity index (χ1v) is 6.83. The second kappa shape index (κ2) is 5.87. The first-order chi connectivity index (χ1) is 9.54. The number of carbonyl (C=O) groups excluding carboxylic acids is 2. The third-order valence-corrected chi connectivity index (χ3v) is 3.88. The number of benzene rings is 1. The number of carbonyl (C=O) groups is 2. The molecule has 1 fully saturated rings. The Kier molecular flexibility index (Phi) is 4.19. The lowest BCUT2D eigenvalue weighted by molar-refractivity contribution is -0.133. The SMILES string of the molecule is Cc1ccc(N2CCC[C@H](C(=O)CC#N)C2=O)cc1C. The molecule has 0 aliphatic carbocycles. The van der Waals surface area contributed by atoms with E-state index < -0.39 is 5.92 Å². The van der Waals surface area contributed by atoms with Crippen molar-refractivity contribution >= 4 is 17.4 Å². The van der Waals surface area contributed by atoms with E-state index in [0.29, 0.717) is 13.0 Å². The summed E-state index contributed by atoms with van der Waals surface area (Å²) in [6.07, 6.45) is 1.17. The van der Waals surface area contributed by atoms with Crippen LogP contribution >= 0.6 is 0 Å². The minimum atomic E-state index is -0.648. The number of ketones is 1. The highest BCUT2D eigenvalue weighted by molar-refractivity contribution is 6.09. The van der Waals surface area contributed by atoms with Gasteiger partial charge in [-0.15, -0.1) is 0 Å². The Balaban J connectivity index is 2.24. The highest BCUT2D eigenvalue weighted by atomic mass is 16.2. The van der Waals surface area contributed by atoms with E-state index in [9.17, 15) is 9.59 Å². The standard InChI is InChI=1S/C16H18N2O2/c1-11-5-6-13(10-12(11)2)18-9-3-4-14(16(18)20)15(19)7-8-17/h5-6,10,14H,3-4,7,9H2,1-2H3/t14-/m1/s1. The van der Waals surface area contributed by atoms with Crippen molar-refractivity contribution in [2.45, 2.75) is 33.1 Å². The molecule has 4 heteroatoms. The van der Waals surface area contributed by atoms with Gasteiger partial charge in [0.15, 0.2) is 5.78 Å². The molecule has 4 nitrogen and oxygen atoms in total. The Labute approximate surface area is 119 Å². The van der Waals surface area contributed by atoms with Crippen molar-refractivity contribution in [1.82, 2.24) is 0 Å². The smallest absolute Gasteiger partial charge is 0.237 e. The van der Waals surface area contributed by atoms with Gasteiger partial charge in [-0.25, -0.2) is 0 Å². The first-order valence-electron chi connectivity index (χ1n) is 6.83. The summed E-state index contributed by atoms with van der Waals surface area (Å²) in [6, 6.07) is 7.71. The Hall–Kier alpha value is -2.15. The lowest BCUT2D eigenvalue weighted by Crippen LogP contribution is -2.44. The third kappa shape index (κ3) is 2.72. The maximum absolute atomic E-state index is 12.4. The van der Waals surface area contributed by atoms with Gasteiger partial charge in [-0.1, -0.05) is 6.07 Å². The molecule has 0 spiro atoms. The van der Waals surface area contributed by atoms with Crippen LogP contribution in [0.3, 0.4) is 0 Å². The number of hydrogen-bond acceptors (Lipinski definition) is 3. The van der Waals surface area contributed by atoms with E-state index in [2.05, 4.69) is 0 Å². The summed E-state index contributed by atoms with van der Waals surface area (Å²) in [5.41, 5.74) is 3.14. The molecule has 1 amide bonds. The molecule has 1 aliphatic rings. The van der Waals surface area contributed by atoms with Crippen molar-refractivity contribution in [3.05, 3.63) is 29.3 Å². The summed E-state index contributed by atoms with van der Waals surface area (Å²) in [6.45, 7) is 4.67. The van der Waals surface area contributed by atoms with Gasteiger partial charge in [0, 0.05) is 12.2 Å². The van der Waals surface area contributed by atoms with Crippen LogP contribution in [0, 0.1) is 31.1 Å². The predicted octanol–water partition coefficient (Wildman–Crippen LogP) is 2.53. The quantitative estimate of drug-likeness (QED) is 0.793. The maximum Gasteiger partial charge on any atom is 0.237 e. The molecular weight excluding hydrogens is 252 g/mol. The summed E-state index contributed by atoms with van der Waals surface area (Å²) in [5.74, 6) is -1.07. The molecule has 0 saturated carbocycles. The molecule has 1 aromatic carbocycles. The minimum Gasteiger partial charge on any atom is -0.312 e. The number of aryl methyl sites for hydroxylation is 2. The van der Waals surface area contributed by atoms with Gasteiger partial charge in [0.1, 0.15) is 0 Å². The molecule has 0 radical (unpaired) electrons. The van der Waals surface area contributed by atoms with Crippen LogP contribution in [0.15, 0.2) is 18.2 Å². The fraction of sp³-hybridized carbons (Fsp3) is 0.438. The Morgan fingerprint density at radius 2 is 2.15 bits per heavy atom. The molecule has 0 bridgehead atoms. The van der Waals surface area contributed by atoms with Crippen LogP contribution in [-0.2, 0) is 9.59 Å². The monoisotopic (exact) mass is 270 g/mol. The lowest BCUT2D eigenvalue weighted by atomic mass is 9.91. The van der Waals surface area contributed by atoms with Gasteiger partial charge < -0.3 is 4.90 Å². The van der Waals surface area contributed by atoms with E-state index in [1.807, 2.05) is 38.1 Å². The highest BCUT2D eigenvalue weighted by Gasteiger charge is 2.34. The molecule has 0 aromatic heterocycles. The molecular formula is C16H18N2O2. The highest BCUT2D eigenvalue weighted by Crippen LogP contribution is 2.27. The first kappa shape index (κ1) is 14.3. The van der Waals surface area contributed by atoms with Crippen molar-refractivity contribution in [3.63, 3.8) is 0 Å². The largest absolute Gasteiger partial charge is 0.312 e. The fourth-order valence-electron chi connectivity index (χ4n) is 2.52. The van der Waals surface area contributed by atoms with Crippen LogP contribution in [0.5, 0.6) is 0 Å². The van der Waals surface area contributed by atoms with Gasteiger partial charge in [-0.3, -0.25) is 9.59 Å². The van der Waals surface area contributed by atoms with Crippen molar-refractivity contribution in [2.75, 3.05) is 11.4 Å². The van der Waals surface area contributed by atoms with Gasteiger partial charge in [-0.05, 0) is 49.9 Å². The molecule has 20 heavy (non-hydrogen) atoms. The molecule has 1 atom stereocenters. The zero-order chi connectivity index (χ0) is 14.7. The molecule has 0 unspecified atom stereocenters. The van der Waals surface area contributed by atoms with Gasteiger partial charge in [0.25, 0.3) is 0 Å². The Morgan fingerprint density at radius 1 is 1.40 bits per heavy atom. The zero-order valence-electron chi connectivity index (χ0n) is 11.8. The van der Waals surface area contributed by atoms with Gasteiger partial charge in [0.05, 0.1) is 18.4 Å². The second-order valence-electron chi connectivity index (χ2n) is 5.25. The fourth-order valence-corrected chi connectivity index (χ4v) is 2.52. The average Bonchev–Trinajstić information content (AvgIpc) is 2.42. The molecule has 1 saturated heterocycles. The lowest BCUT2D eigenvalue weighted by Gasteiger charge is -2.31. The Bertz CT molecular complexity index is 587. The average molecular weight is 270 g/mol. The van der Waals surface area contributed by atoms with Crippen LogP contribution in [0.25, 0.3) is 0 Å². The van der Waals surface area contributed by atoms with Crippen molar-refractivity contribution in [2.24, 2.45) is 5.92 Å². The maximum atomic E-state index is 12.4. The van der Waals surface area contributed by atoms with E-state index in [4.69, 9.17) is 5.26 Å². The van der Waals surface area contributed by atoms with E-state index in [1.54, 1.807) is 4.90 Å². The van der Waals surface area contributed by atoms with Crippen LogP contribution < -0.4 is 4.90 Å². The number of anilines is 1. The molecule has 1 aromatic rings. The normalized spacial score (nSPS) is 18.8. The van der Waals surface area contributed by atoms with Crippen LogP contribution in [-0.4, -0.2) is 18.2 Å². The Morgan fingerprint density at radius 3 is 2.80 bits per heavy atom. The summed E-state index contributed by atoms with van der Waals surface area (Å²) in [7, 11) is 0. The van der Waals surface area contributed by atoms with E-state index in [0.717, 1.165) is 17.7 Å². The van der Waals surface area contributed by atoms with Gasteiger partial charge in [-0.2, -0.15) is 5.26 Å². The molecule has 2 rings (SSSR count). The number of amides is 1. The topological polar surface area (TPSA) is 61.2 Å². The number of Topliss-reactive ketones (excluding diaryl/α,β-unsaturated/α-hetero) is 1. The third-order valence-electron chi connectivity index (χ3n) is 3.88. The van der Waals surface area contributed by atoms with Crippen molar-refractivity contribution < 1.29 is 9.59 Å². The van der Waals surface area contributed by atoms with E-state index in [1.165, 1.54) is 5.56 Å². The van der Waals surface area contributed by atoms with E-state index >= 15 is 0 Å². The van der Waals surface area contributed by atoms with Gasteiger partial charge in [0.2, 0.25) is 5.91 Å². The second-order valence-corrected chi connectivity index (χ2v) is 5.25. The van der Waals surface area contributed by atoms with Gasteiger partial charge >= 0.3 is 0 Å². The minimum absolute atomic E-state index is 0.167. The number of hydrogen-bond donors (Lipinski definition) is 0. The summed E-state index contributed by atoms with van der Waals surface area (Å²) in [4.78, 5) is 25.9. The molecule has 0 N–H and O–H groups in total.